The van der Waals surface area contributed by atoms with Gasteiger partial charge in [-0.25, -0.2) is 0 Å². The summed E-state index contributed by atoms with van der Waals surface area (Å²) in [6.07, 6.45) is 5.64. The van der Waals surface area contributed by atoms with Gasteiger partial charge in [-0.2, -0.15) is 4.98 Å². The van der Waals surface area contributed by atoms with Crippen molar-refractivity contribution in [2.45, 2.75) is 25.7 Å². The summed E-state index contributed by atoms with van der Waals surface area (Å²) in [5, 5.41) is 2.56. The molecule has 3 rings (SSSR count). The molecule has 0 radical (unpaired) electrons. The molecule has 0 bridgehead atoms. The first-order chi connectivity index (χ1) is 11.2. The monoisotopic (exact) mass is 313 g/mol. The highest BCUT2D eigenvalue weighted by Crippen LogP contribution is 2.15. The van der Waals surface area contributed by atoms with E-state index in [1.54, 1.807) is 29.2 Å². The molecule has 1 aliphatic rings. The van der Waals surface area contributed by atoms with Crippen molar-refractivity contribution in [2.75, 3.05) is 18.4 Å². The molecule has 1 aliphatic heterocycles. The molecule has 0 aliphatic carbocycles. The number of carbonyl (C=O) groups excluding carboxylic acids is 2. The number of benzene rings is 1. The molecule has 6 heteroatoms. The molecule has 6 nitrogen and oxygen atoms in total. The summed E-state index contributed by atoms with van der Waals surface area (Å²) in [5.74, 6) is -0.461. The van der Waals surface area contributed by atoms with Crippen LogP contribution in [-0.4, -0.2) is 34.8 Å². The summed E-state index contributed by atoms with van der Waals surface area (Å²) >= 11 is 0. The number of anilines is 1. The molecule has 2 amide bonds. The Morgan fingerprint density at radius 2 is 1.74 bits per heavy atom. The van der Waals surface area contributed by atoms with Crippen LogP contribution >= 0.6 is 0 Å². The Morgan fingerprint density at radius 3 is 2.43 bits per heavy atom. The zero-order valence-corrected chi connectivity index (χ0v) is 12.8. The average Bonchev–Trinajstić information content (AvgIpc) is 2.87. The van der Waals surface area contributed by atoms with Gasteiger partial charge in [0.15, 0.2) is 5.69 Å². The van der Waals surface area contributed by atoms with Crippen molar-refractivity contribution in [1.29, 1.82) is 0 Å². The fraction of sp³-hybridized carbons (Fsp3) is 0.353. The first kappa shape index (κ1) is 15.3. The summed E-state index contributed by atoms with van der Waals surface area (Å²) in [4.78, 5) is 30.3. The highest BCUT2D eigenvalue weighted by atomic mass is 16.4. The number of hydrogen-bond acceptors (Lipinski definition) is 4. The van der Waals surface area contributed by atoms with Crippen LogP contribution in [0.2, 0.25) is 0 Å². The fourth-order valence-corrected chi connectivity index (χ4v) is 2.62. The van der Waals surface area contributed by atoms with Gasteiger partial charge in [0, 0.05) is 18.7 Å². The molecule has 120 valence electrons. The van der Waals surface area contributed by atoms with E-state index in [-0.39, 0.29) is 23.5 Å². The zero-order valence-electron chi connectivity index (χ0n) is 12.8. The highest BCUT2D eigenvalue weighted by Gasteiger charge is 2.21. The minimum absolute atomic E-state index is 0.0389. The summed E-state index contributed by atoms with van der Waals surface area (Å²) < 4.78 is 5.21. The Morgan fingerprint density at radius 1 is 1.04 bits per heavy atom. The van der Waals surface area contributed by atoms with Crippen LogP contribution in [0.25, 0.3) is 0 Å². The van der Waals surface area contributed by atoms with E-state index in [9.17, 15) is 9.59 Å². The van der Waals surface area contributed by atoms with Gasteiger partial charge in [0.2, 0.25) is 0 Å². The fourth-order valence-electron chi connectivity index (χ4n) is 2.62. The van der Waals surface area contributed by atoms with E-state index in [1.165, 1.54) is 6.26 Å². The normalized spacial score (nSPS) is 15.0. The van der Waals surface area contributed by atoms with Crippen LogP contribution in [0.4, 0.5) is 6.01 Å². The molecule has 2 aromatic rings. The smallest absolute Gasteiger partial charge is 0.302 e. The maximum absolute atomic E-state index is 12.4. The van der Waals surface area contributed by atoms with Crippen LogP contribution in [0.5, 0.6) is 0 Å². The van der Waals surface area contributed by atoms with E-state index < -0.39 is 0 Å². The lowest BCUT2D eigenvalue weighted by atomic mass is 10.2. The summed E-state index contributed by atoms with van der Waals surface area (Å²) in [6, 6.07) is 8.82. The lowest BCUT2D eigenvalue weighted by molar-refractivity contribution is 0.0755. The predicted octanol–water partition coefficient (Wildman–Crippen LogP) is 2.94. The van der Waals surface area contributed by atoms with Gasteiger partial charge in [0.05, 0.1) is 0 Å². The SMILES string of the molecule is O=C(Nc1nc(C(=O)N2CCCCCC2)co1)c1ccccc1. The van der Waals surface area contributed by atoms with E-state index in [4.69, 9.17) is 4.42 Å². The molecule has 1 aromatic carbocycles. The van der Waals surface area contributed by atoms with Crippen LogP contribution in [-0.2, 0) is 0 Å². The molecule has 0 unspecified atom stereocenters. The van der Waals surface area contributed by atoms with E-state index in [2.05, 4.69) is 10.3 Å². The van der Waals surface area contributed by atoms with Crippen molar-refractivity contribution in [3.8, 4) is 0 Å². The van der Waals surface area contributed by atoms with E-state index in [1.807, 2.05) is 6.07 Å². The molecule has 1 fully saturated rings. The number of hydrogen-bond donors (Lipinski definition) is 1. The van der Waals surface area contributed by atoms with Gasteiger partial charge in [0.1, 0.15) is 6.26 Å². The van der Waals surface area contributed by atoms with Crippen LogP contribution < -0.4 is 5.32 Å². The summed E-state index contributed by atoms with van der Waals surface area (Å²) in [6.45, 7) is 1.49. The van der Waals surface area contributed by atoms with Gasteiger partial charge in [-0.05, 0) is 25.0 Å². The van der Waals surface area contributed by atoms with Gasteiger partial charge < -0.3 is 9.32 Å². The largest absolute Gasteiger partial charge is 0.431 e. The summed E-state index contributed by atoms with van der Waals surface area (Å²) in [5.41, 5.74) is 0.737. The molecule has 1 N–H and O–H groups in total. The second kappa shape index (κ2) is 7.09. The van der Waals surface area contributed by atoms with Crippen LogP contribution in [0.1, 0.15) is 46.5 Å². The van der Waals surface area contributed by atoms with Gasteiger partial charge >= 0.3 is 6.01 Å². The number of nitrogens with zero attached hydrogens (tertiary/aromatic N) is 2. The van der Waals surface area contributed by atoms with Crippen LogP contribution in [0, 0.1) is 0 Å². The first-order valence-electron chi connectivity index (χ1n) is 7.85. The molecule has 0 spiro atoms. The van der Waals surface area contributed by atoms with Crippen molar-refractivity contribution in [3.05, 3.63) is 47.9 Å². The molecule has 0 atom stereocenters. The standard InChI is InChI=1S/C17H19N3O3/c21-15(13-8-4-3-5-9-13)19-17-18-14(12-23-17)16(22)20-10-6-1-2-7-11-20/h3-5,8-9,12H,1-2,6-7,10-11H2,(H,18,19,21). The quantitative estimate of drug-likeness (QED) is 0.945. The molecule has 0 saturated carbocycles. The Balaban J connectivity index is 1.65. The van der Waals surface area contributed by atoms with E-state index in [0.29, 0.717) is 5.56 Å². The number of amides is 2. The van der Waals surface area contributed by atoms with Crippen molar-refractivity contribution in [2.24, 2.45) is 0 Å². The number of rotatable bonds is 3. The minimum atomic E-state index is -0.318. The molecule has 1 aromatic heterocycles. The number of aromatic nitrogens is 1. The summed E-state index contributed by atoms with van der Waals surface area (Å²) in [7, 11) is 0. The van der Waals surface area contributed by atoms with Crippen molar-refractivity contribution in [1.82, 2.24) is 9.88 Å². The van der Waals surface area contributed by atoms with Crippen molar-refractivity contribution < 1.29 is 14.0 Å². The maximum atomic E-state index is 12.4. The molecular formula is C17H19N3O3. The topological polar surface area (TPSA) is 75.4 Å². The second-order valence-corrected chi connectivity index (χ2v) is 5.56. The Labute approximate surface area is 134 Å². The van der Waals surface area contributed by atoms with E-state index >= 15 is 0 Å². The van der Waals surface area contributed by atoms with Gasteiger partial charge in [-0.1, -0.05) is 31.0 Å². The minimum Gasteiger partial charge on any atom is -0.431 e. The van der Waals surface area contributed by atoms with Crippen LogP contribution in [0.15, 0.2) is 41.0 Å². The number of carbonyl (C=O) groups is 2. The third-order valence-corrected chi connectivity index (χ3v) is 3.87. The Bertz CT molecular complexity index is 673. The lowest BCUT2D eigenvalue weighted by Gasteiger charge is -2.18. The third kappa shape index (κ3) is 3.77. The average molecular weight is 313 g/mol. The molecule has 23 heavy (non-hydrogen) atoms. The predicted molar refractivity (Wildman–Crippen MR) is 85.3 cm³/mol. The maximum Gasteiger partial charge on any atom is 0.302 e. The van der Waals surface area contributed by atoms with Gasteiger partial charge in [0.25, 0.3) is 11.8 Å². The highest BCUT2D eigenvalue weighted by molar-refractivity contribution is 6.03. The molecular weight excluding hydrogens is 294 g/mol. The number of likely N-dealkylation sites (tertiary alicyclic amines) is 1. The van der Waals surface area contributed by atoms with Gasteiger partial charge in [-0.15, -0.1) is 0 Å². The molecule has 1 saturated heterocycles. The Hall–Kier alpha value is -2.63. The van der Waals surface area contributed by atoms with Crippen molar-refractivity contribution in [3.63, 3.8) is 0 Å². The van der Waals surface area contributed by atoms with Crippen LogP contribution in [0.3, 0.4) is 0 Å². The lowest BCUT2D eigenvalue weighted by Crippen LogP contribution is -2.32. The second-order valence-electron chi connectivity index (χ2n) is 5.56. The number of oxazole rings is 1. The number of nitrogens with one attached hydrogen (secondary N) is 1. The van der Waals surface area contributed by atoms with Crippen molar-refractivity contribution >= 4 is 17.8 Å². The molecule has 2 heterocycles. The van der Waals surface area contributed by atoms with E-state index in [0.717, 1.165) is 38.8 Å². The third-order valence-electron chi connectivity index (χ3n) is 3.87. The first-order valence-corrected chi connectivity index (χ1v) is 7.85. The van der Waals surface area contributed by atoms with Gasteiger partial charge in [-0.3, -0.25) is 14.9 Å². The zero-order chi connectivity index (χ0) is 16.1. The Kier molecular flexibility index (Phi) is 4.71.